The van der Waals surface area contributed by atoms with Gasteiger partial charge in [0.2, 0.25) is 0 Å². The van der Waals surface area contributed by atoms with Gasteiger partial charge in [0.15, 0.2) is 4.67 Å². The van der Waals surface area contributed by atoms with Gasteiger partial charge < -0.3 is 10.2 Å². The van der Waals surface area contributed by atoms with E-state index in [0.717, 1.165) is 12.1 Å². The van der Waals surface area contributed by atoms with Crippen LogP contribution in [0.15, 0.2) is 39.4 Å². The van der Waals surface area contributed by atoms with Gasteiger partial charge in [-0.15, -0.1) is 0 Å². The number of halogens is 5. The van der Waals surface area contributed by atoms with E-state index in [2.05, 4.69) is 15.9 Å². The van der Waals surface area contributed by atoms with Crippen LogP contribution in [-0.2, 0) is 6.18 Å². The topological polar surface area (TPSA) is 39.2 Å². The van der Waals surface area contributed by atoms with Crippen LogP contribution in [0.4, 0.5) is 17.6 Å². The zero-order chi connectivity index (χ0) is 14.2. The lowest BCUT2D eigenvalue weighted by Crippen LogP contribution is -2.13. The van der Waals surface area contributed by atoms with Crippen LogP contribution in [0, 0.1) is 5.82 Å². The third-order valence-electron chi connectivity index (χ3n) is 2.56. The summed E-state index contributed by atoms with van der Waals surface area (Å²) < 4.78 is 56.3. The quantitative estimate of drug-likeness (QED) is 0.832. The Bertz CT molecular complexity index is 594. The molecule has 2 N–H and O–H groups in total. The van der Waals surface area contributed by atoms with E-state index in [-0.39, 0.29) is 5.56 Å². The Balaban J connectivity index is 2.35. The van der Waals surface area contributed by atoms with Crippen LogP contribution < -0.4 is 5.73 Å². The van der Waals surface area contributed by atoms with E-state index in [1.807, 2.05) is 0 Å². The zero-order valence-electron chi connectivity index (χ0n) is 9.34. The predicted molar refractivity (Wildman–Crippen MR) is 63.8 cm³/mol. The van der Waals surface area contributed by atoms with Crippen LogP contribution in [0.1, 0.15) is 22.9 Å². The van der Waals surface area contributed by atoms with Crippen molar-refractivity contribution in [1.82, 2.24) is 0 Å². The molecule has 0 radical (unpaired) electrons. The number of benzene rings is 1. The molecule has 0 bridgehead atoms. The van der Waals surface area contributed by atoms with Gasteiger partial charge in [-0.2, -0.15) is 13.2 Å². The van der Waals surface area contributed by atoms with E-state index >= 15 is 0 Å². The molecule has 1 aromatic carbocycles. The second-order valence-electron chi connectivity index (χ2n) is 3.86. The van der Waals surface area contributed by atoms with Gasteiger partial charge in [-0.05, 0) is 45.8 Å². The number of furan rings is 1. The average molecular weight is 338 g/mol. The molecule has 0 amide bonds. The minimum Gasteiger partial charge on any atom is -0.452 e. The van der Waals surface area contributed by atoms with Gasteiger partial charge in [-0.1, -0.05) is 6.07 Å². The van der Waals surface area contributed by atoms with Crippen molar-refractivity contribution in [3.63, 3.8) is 0 Å². The second-order valence-corrected chi connectivity index (χ2v) is 4.64. The molecule has 102 valence electrons. The van der Waals surface area contributed by atoms with Crippen LogP contribution in [0.5, 0.6) is 0 Å². The van der Waals surface area contributed by atoms with Crippen LogP contribution >= 0.6 is 15.9 Å². The molecule has 1 heterocycles. The van der Waals surface area contributed by atoms with Crippen LogP contribution in [-0.4, -0.2) is 0 Å². The molecule has 0 saturated heterocycles. The number of hydrogen-bond acceptors (Lipinski definition) is 2. The summed E-state index contributed by atoms with van der Waals surface area (Å²) >= 11 is 3.08. The maximum atomic E-state index is 13.4. The minimum absolute atomic E-state index is 0.201. The molecule has 0 aliphatic heterocycles. The minimum atomic E-state index is -4.72. The van der Waals surface area contributed by atoms with E-state index in [1.165, 1.54) is 0 Å². The summed E-state index contributed by atoms with van der Waals surface area (Å²) in [6.45, 7) is 0. The molecule has 19 heavy (non-hydrogen) atoms. The van der Waals surface area contributed by atoms with E-state index in [1.54, 1.807) is 12.1 Å². The van der Waals surface area contributed by atoms with Gasteiger partial charge in [-0.3, -0.25) is 0 Å². The molecular weight excluding hydrogens is 330 g/mol. The fourth-order valence-electron chi connectivity index (χ4n) is 1.61. The van der Waals surface area contributed by atoms with E-state index in [9.17, 15) is 17.6 Å². The number of rotatable bonds is 2. The van der Waals surface area contributed by atoms with Crippen molar-refractivity contribution in [3.05, 3.63) is 57.7 Å². The van der Waals surface area contributed by atoms with E-state index in [0.29, 0.717) is 16.5 Å². The molecule has 2 rings (SSSR count). The van der Waals surface area contributed by atoms with Gasteiger partial charge in [-0.25, -0.2) is 4.39 Å². The Kier molecular flexibility index (Phi) is 3.69. The molecule has 0 aliphatic carbocycles. The first-order valence-corrected chi connectivity index (χ1v) is 5.96. The first kappa shape index (κ1) is 14.1. The van der Waals surface area contributed by atoms with Gasteiger partial charge in [0, 0.05) is 0 Å². The van der Waals surface area contributed by atoms with E-state index in [4.69, 9.17) is 10.2 Å². The molecule has 0 fully saturated rings. The predicted octanol–water partition coefficient (Wildman–Crippen LogP) is 4.25. The molecule has 7 heteroatoms. The van der Waals surface area contributed by atoms with Crippen molar-refractivity contribution in [1.29, 1.82) is 0 Å². The summed E-state index contributed by atoms with van der Waals surface area (Å²) in [4.78, 5) is 0. The normalized spacial score (nSPS) is 13.6. The van der Waals surface area contributed by atoms with Crippen LogP contribution in [0.25, 0.3) is 0 Å². The van der Waals surface area contributed by atoms with Crippen molar-refractivity contribution in [3.8, 4) is 0 Å². The summed E-state index contributed by atoms with van der Waals surface area (Å²) in [5.41, 5.74) is 4.68. The van der Waals surface area contributed by atoms with Crippen molar-refractivity contribution in [2.75, 3.05) is 0 Å². The Morgan fingerprint density at radius 2 is 1.84 bits per heavy atom. The maximum Gasteiger partial charge on any atom is 0.419 e. The highest BCUT2D eigenvalue weighted by atomic mass is 79.9. The third-order valence-corrected chi connectivity index (χ3v) is 2.98. The van der Waals surface area contributed by atoms with Gasteiger partial charge in [0.05, 0.1) is 11.6 Å². The Morgan fingerprint density at radius 1 is 1.16 bits per heavy atom. The monoisotopic (exact) mass is 337 g/mol. The molecule has 0 saturated carbocycles. The molecule has 2 nitrogen and oxygen atoms in total. The molecule has 1 aromatic heterocycles. The third kappa shape index (κ3) is 2.98. The van der Waals surface area contributed by atoms with E-state index < -0.39 is 23.6 Å². The van der Waals surface area contributed by atoms with Gasteiger partial charge >= 0.3 is 6.18 Å². The summed E-state index contributed by atoms with van der Waals surface area (Å²) in [5.74, 6) is -1.03. The van der Waals surface area contributed by atoms with Crippen molar-refractivity contribution >= 4 is 15.9 Å². The Morgan fingerprint density at radius 3 is 2.32 bits per heavy atom. The lowest BCUT2D eigenvalue weighted by Gasteiger charge is -2.12. The maximum absolute atomic E-state index is 13.4. The lowest BCUT2D eigenvalue weighted by molar-refractivity contribution is -0.140. The second kappa shape index (κ2) is 4.97. The van der Waals surface area contributed by atoms with Gasteiger partial charge in [0.25, 0.3) is 0 Å². The molecular formula is C12H8BrF4NO. The first-order chi connectivity index (χ1) is 8.79. The number of alkyl halides is 3. The Hall–Kier alpha value is -1.34. The smallest absolute Gasteiger partial charge is 0.419 e. The molecule has 2 aromatic rings. The van der Waals surface area contributed by atoms with Crippen molar-refractivity contribution in [2.24, 2.45) is 5.73 Å². The van der Waals surface area contributed by atoms with Crippen molar-refractivity contribution < 1.29 is 22.0 Å². The van der Waals surface area contributed by atoms with Crippen LogP contribution in [0.2, 0.25) is 0 Å². The average Bonchev–Trinajstić information content (AvgIpc) is 2.73. The Labute approximate surface area is 114 Å². The largest absolute Gasteiger partial charge is 0.452 e. The molecule has 0 spiro atoms. The van der Waals surface area contributed by atoms with Crippen LogP contribution in [0.3, 0.4) is 0 Å². The molecule has 1 unspecified atom stereocenters. The summed E-state index contributed by atoms with van der Waals surface area (Å²) in [6.07, 6.45) is -4.72. The highest BCUT2D eigenvalue weighted by molar-refractivity contribution is 9.10. The molecule has 1 atom stereocenters. The van der Waals surface area contributed by atoms with Gasteiger partial charge in [0.1, 0.15) is 11.6 Å². The highest BCUT2D eigenvalue weighted by Crippen LogP contribution is 2.33. The number of hydrogen-bond donors (Lipinski definition) is 1. The number of nitrogens with two attached hydrogens (primary N) is 1. The summed E-state index contributed by atoms with van der Waals surface area (Å²) in [7, 11) is 0. The molecule has 0 aliphatic rings. The SMILES string of the molecule is NC(c1ccc(C(F)(F)F)c(F)c1)c1ccc(Br)o1. The lowest BCUT2D eigenvalue weighted by atomic mass is 10.0. The van der Waals surface area contributed by atoms with Crippen molar-refractivity contribution in [2.45, 2.75) is 12.2 Å². The standard InChI is InChI=1S/C12H8BrF4NO/c13-10-4-3-9(19-10)11(18)6-1-2-7(8(14)5-6)12(15,16)17/h1-5,11H,18H2. The fourth-order valence-corrected chi connectivity index (χ4v) is 1.93. The zero-order valence-corrected chi connectivity index (χ0v) is 10.9. The fraction of sp³-hybridized carbons (Fsp3) is 0.167. The summed E-state index contributed by atoms with van der Waals surface area (Å²) in [6, 6.07) is 4.89. The first-order valence-electron chi connectivity index (χ1n) is 5.16. The summed E-state index contributed by atoms with van der Waals surface area (Å²) in [5, 5.41) is 0. The highest BCUT2D eigenvalue weighted by Gasteiger charge is 2.34.